The van der Waals surface area contributed by atoms with E-state index in [1.165, 1.54) is 23.3 Å². The number of fused-ring (bicyclic) bond motifs is 1. The van der Waals surface area contributed by atoms with Crippen molar-refractivity contribution in [2.24, 2.45) is 0 Å². The first-order valence-electron chi connectivity index (χ1n) is 5.55. The first-order valence-corrected chi connectivity index (χ1v) is 5.55. The molecular weight excluding hydrogens is 249 g/mol. The lowest BCUT2D eigenvalue weighted by molar-refractivity contribution is 0.616. The number of hydrogen-bond acceptors (Lipinski definition) is 4. The van der Waals surface area contributed by atoms with E-state index < -0.39 is 5.56 Å². The molecule has 19 heavy (non-hydrogen) atoms. The predicted octanol–water partition coefficient (Wildman–Crippen LogP) is 0.744. The van der Waals surface area contributed by atoms with Gasteiger partial charge in [-0.1, -0.05) is 6.07 Å². The summed E-state index contributed by atoms with van der Waals surface area (Å²) < 4.78 is 15.8. The van der Waals surface area contributed by atoms with E-state index in [-0.39, 0.29) is 11.2 Å². The van der Waals surface area contributed by atoms with E-state index >= 15 is 0 Å². The zero-order valence-electron chi connectivity index (χ0n) is 10.0. The predicted molar refractivity (Wildman–Crippen MR) is 68.0 cm³/mol. The van der Waals surface area contributed by atoms with Gasteiger partial charge in [-0.05, 0) is 24.6 Å². The first-order chi connectivity index (χ1) is 9.08. The molecule has 3 rings (SSSR count). The average molecular weight is 259 g/mol. The molecule has 0 aliphatic carbocycles. The summed E-state index contributed by atoms with van der Waals surface area (Å²) in [5, 5.41) is 4.34. The van der Waals surface area contributed by atoms with E-state index in [0.717, 1.165) is 4.68 Å². The monoisotopic (exact) mass is 259 g/mol. The Bertz CT molecular complexity index is 836. The summed E-state index contributed by atoms with van der Waals surface area (Å²) in [4.78, 5) is 15.8. The van der Waals surface area contributed by atoms with E-state index in [4.69, 9.17) is 5.84 Å². The van der Waals surface area contributed by atoms with Gasteiger partial charge in [-0.25, -0.2) is 18.7 Å². The summed E-state index contributed by atoms with van der Waals surface area (Å²) in [6.45, 7) is 1.67. The van der Waals surface area contributed by atoms with Crippen molar-refractivity contribution in [1.82, 2.24) is 19.4 Å². The second kappa shape index (κ2) is 3.91. The zero-order chi connectivity index (χ0) is 13.6. The van der Waals surface area contributed by atoms with Gasteiger partial charge < -0.3 is 5.84 Å². The van der Waals surface area contributed by atoms with E-state index in [2.05, 4.69) is 10.1 Å². The Morgan fingerprint density at radius 1 is 1.37 bits per heavy atom. The van der Waals surface area contributed by atoms with Crippen LogP contribution in [0.1, 0.15) is 5.56 Å². The summed E-state index contributed by atoms with van der Waals surface area (Å²) in [7, 11) is 0. The number of aryl methyl sites for hydroxylation is 1. The maximum atomic E-state index is 13.6. The maximum absolute atomic E-state index is 13.6. The molecule has 0 radical (unpaired) electrons. The molecule has 0 amide bonds. The van der Waals surface area contributed by atoms with Gasteiger partial charge in [0.25, 0.3) is 5.56 Å². The van der Waals surface area contributed by atoms with Gasteiger partial charge in [0, 0.05) is 0 Å². The standard InChI is InChI=1S/C12H10FN5O/c1-7-2-3-8(4-10(7)13)18-11-9(5-16-18)12(19)17(14)6-15-11/h2-6H,14H2,1H3. The van der Waals surface area contributed by atoms with Crippen molar-refractivity contribution in [1.29, 1.82) is 0 Å². The van der Waals surface area contributed by atoms with Gasteiger partial charge in [-0.2, -0.15) is 5.10 Å². The van der Waals surface area contributed by atoms with Crippen molar-refractivity contribution in [3.05, 3.63) is 52.5 Å². The summed E-state index contributed by atoms with van der Waals surface area (Å²) in [6, 6.07) is 4.69. The Morgan fingerprint density at radius 3 is 2.89 bits per heavy atom. The molecule has 2 N–H and O–H groups in total. The number of nitrogens with zero attached hydrogens (tertiary/aromatic N) is 4. The normalized spacial score (nSPS) is 11.1. The van der Waals surface area contributed by atoms with Gasteiger partial charge in [-0.15, -0.1) is 0 Å². The van der Waals surface area contributed by atoms with Crippen LogP contribution < -0.4 is 11.4 Å². The van der Waals surface area contributed by atoms with Crippen molar-refractivity contribution in [3.63, 3.8) is 0 Å². The molecule has 2 heterocycles. The molecular formula is C12H10FN5O. The molecule has 0 saturated heterocycles. The minimum Gasteiger partial charge on any atom is -0.335 e. The number of rotatable bonds is 1. The summed E-state index contributed by atoms with van der Waals surface area (Å²) in [5.41, 5.74) is 0.982. The quantitative estimate of drug-likeness (QED) is 0.654. The number of hydrogen-bond donors (Lipinski definition) is 1. The number of nitrogens with two attached hydrogens (primary N) is 1. The summed E-state index contributed by atoms with van der Waals surface area (Å²) in [5.74, 6) is 5.08. The van der Waals surface area contributed by atoms with Gasteiger partial charge in [0.15, 0.2) is 5.65 Å². The van der Waals surface area contributed by atoms with Gasteiger partial charge in [0.05, 0.1) is 11.9 Å². The van der Waals surface area contributed by atoms with E-state index in [9.17, 15) is 9.18 Å². The smallest absolute Gasteiger partial charge is 0.282 e. The molecule has 6 nitrogen and oxygen atoms in total. The third kappa shape index (κ3) is 1.67. The number of nitrogen functional groups attached to an aromatic ring is 1. The minimum absolute atomic E-state index is 0.283. The number of aromatic nitrogens is 4. The Labute approximate surface area is 106 Å². The fourth-order valence-corrected chi connectivity index (χ4v) is 1.83. The first kappa shape index (κ1) is 11.4. The van der Waals surface area contributed by atoms with Gasteiger partial charge in [-0.3, -0.25) is 4.79 Å². The summed E-state index contributed by atoms with van der Waals surface area (Å²) in [6.07, 6.45) is 2.57. The number of benzene rings is 1. The highest BCUT2D eigenvalue weighted by molar-refractivity contribution is 5.74. The largest absolute Gasteiger partial charge is 0.335 e. The van der Waals surface area contributed by atoms with Crippen LogP contribution in [0, 0.1) is 12.7 Å². The van der Waals surface area contributed by atoms with Crippen molar-refractivity contribution in [2.45, 2.75) is 6.92 Å². The van der Waals surface area contributed by atoms with Crippen molar-refractivity contribution >= 4 is 11.0 Å². The van der Waals surface area contributed by atoms with E-state index in [1.54, 1.807) is 19.1 Å². The van der Waals surface area contributed by atoms with Crippen LogP contribution in [-0.4, -0.2) is 19.4 Å². The lowest BCUT2D eigenvalue weighted by atomic mass is 10.2. The van der Waals surface area contributed by atoms with Crippen LogP contribution >= 0.6 is 0 Å². The SMILES string of the molecule is Cc1ccc(-n2ncc3c(=O)n(N)cnc32)cc1F. The molecule has 0 unspecified atom stereocenters. The Kier molecular flexibility index (Phi) is 2.34. The number of halogens is 1. The van der Waals surface area contributed by atoms with Crippen LogP contribution in [0.4, 0.5) is 4.39 Å². The van der Waals surface area contributed by atoms with E-state index in [0.29, 0.717) is 16.9 Å². The topological polar surface area (TPSA) is 78.7 Å². The van der Waals surface area contributed by atoms with Crippen LogP contribution in [0.5, 0.6) is 0 Å². The van der Waals surface area contributed by atoms with Crippen molar-refractivity contribution in [3.8, 4) is 5.69 Å². The average Bonchev–Trinajstić information content (AvgIpc) is 2.82. The Balaban J connectivity index is 2.29. The third-order valence-electron chi connectivity index (χ3n) is 2.91. The molecule has 0 bridgehead atoms. The Morgan fingerprint density at radius 2 is 2.16 bits per heavy atom. The molecule has 0 fully saturated rings. The fourth-order valence-electron chi connectivity index (χ4n) is 1.83. The second-order valence-electron chi connectivity index (χ2n) is 4.18. The second-order valence-corrected chi connectivity index (χ2v) is 4.18. The van der Waals surface area contributed by atoms with E-state index in [1.807, 2.05) is 0 Å². The van der Waals surface area contributed by atoms with Crippen molar-refractivity contribution in [2.75, 3.05) is 5.84 Å². The van der Waals surface area contributed by atoms with Gasteiger partial charge in [0.1, 0.15) is 17.5 Å². The molecule has 1 aromatic carbocycles. The van der Waals surface area contributed by atoms with Crippen LogP contribution in [0.2, 0.25) is 0 Å². The maximum Gasteiger partial charge on any atom is 0.282 e. The van der Waals surface area contributed by atoms with Crippen molar-refractivity contribution < 1.29 is 4.39 Å². The molecule has 3 aromatic rings. The third-order valence-corrected chi connectivity index (χ3v) is 2.91. The summed E-state index contributed by atoms with van der Waals surface area (Å²) >= 11 is 0. The highest BCUT2D eigenvalue weighted by atomic mass is 19.1. The fraction of sp³-hybridized carbons (Fsp3) is 0.0833. The molecule has 0 atom stereocenters. The molecule has 7 heteroatoms. The molecule has 0 aliphatic rings. The van der Waals surface area contributed by atoms with Gasteiger partial charge in [0.2, 0.25) is 0 Å². The lowest BCUT2D eigenvalue weighted by Gasteiger charge is -2.04. The lowest BCUT2D eigenvalue weighted by Crippen LogP contribution is -2.26. The Hall–Kier alpha value is -2.70. The van der Waals surface area contributed by atoms with Crippen LogP contribution in [-0.2, 0) is 0 Å². The molecule has 0 saturated carbocycles. The van der Waals surface area contributed by atoms with Gasteiger partial charge >= 0.3 is 0 Å². The molecule has 2 aromatic heterocycles. The van der Waals surface area contributed by atoms with Crippen LogP contribution in [0.3, 0.4) is 0 Å². The highest BCUT2D eigenvalue weighted by Gasteiger charge is 2.11. The highest BCUT2D eigenvalue weighted by Crippen LogP contribution is 2.16. The zero-order valence-corrected chi connectivity index (χ0v) is 10.0. The van der Waals surface area contributed by atoms with Crippen LogP contribution in [0.15, 0.2) is 35.5 Å². The molecule has 96 valence electrons. The molecule has 0 aliphatic heterocycles. The minimum atomic E-state index is -0.399. The molecule has 0 spiro atoms. The van der Waals surface area contributed by atoms with Crippen LogP contribution in [0.25, 0.3) is 16.7 Å².